The van der Waals surface area contributed by atoms with E-state index in [9.17, 15) is 18.0 Å². The third kappa shape index (κ3) is 4.65. The quantitative estimate of drug-likeness (QED) is 0.480. The number of carbonyl (C=O) groups excluding carboxylic acids is 1. The van der Waals surface area contributed by atoms with Crippen LogP contribution in [0.3, 0.4) is 0 Å². The van der Waals surface area contributed by atoms with Crippen LogP contribution in [0.25, 0.3) is 10.2 Å². The summed E-state index contributed by atoms with van der Waals surface area (Å²) in [6, 6.07) is 2.22. The molecule has 1 fully saturated rings. The van der Waals surface area contributed by atoms with E-state index in [1.807, 2.05) is 11.0 Å². The lowest BCUT2D eigenvalue weighted by atomic mass is 10.2. The summed E-state index contributed by atoms with van der Waals surface area (Å²) in [7, 11) is 0. The molecule has 182 valence electrons. The van der Waals surface area contributed by atoms with Gasteiger partial charge in [-0.05, 0) is 25.3 Å². The second-order valence-electron chi connectivity index (χ2n) is 8.44. The van der Waals surface area contributed by atoms with Gasteiger partial charge in [0.1, 0.15) is 17.3 Å². The van der Waals surface area contributed by atoms with Crippen molar-refractivity contribution < 1.29 is 22.7 Å². The molecule has 3 aromatic heterocycles. The zero-order valence-corrected chi connectivity index (χ0v) is 19.4. The highest BCUT2D eigenvalue weighted by Gasteiger charge is 2.39. The number of nitrogens with zero attached hydrogens (tertiary/aromatic N) is 6. The maximum Gasteiger partial charge on any atom is 0.451 e. The number of halogens is 3. The van der Waals surface area contributed by atoms with Gasteiger partial charge in [0.2, 0.25) is 11.7 Å². The summed E-state index contributed by atoms with van der Waals surface area (Å²) < 4.78 is 46.5. The Labute approximate surface area is 197 Å². The van der Waals surface area contributed by atoms with E-state index < -0.39 is 12.0 Å². The van der Waals surface area contributed by atoms with Gasteiger partial charge in [0.15, 0.2) is 5.82 Å². The number of aromatic nitrogens is 5. The Bertz CT molecular complexity index is 1210. The fourth-order valence-electron chi connectivity index (χ4n) is 3.97. The van der Waals surface area contributed by atoms with Crippen LogP contribution in [-0.4, -0.2) is 50.3 Å². The van der Waals surface area contributed by atoms with Gasteiger partial charge >= 0.3 is 12.2 Å². The Hall–Kier alpha value is -2.96. The highest BCUT2D eigenvalue weighted by atomic mass is 32.1. The first-order valence-corrected chi connectivity index (χ1v) is 12.1. The highest BCUT2D eigenvalue weighted by Crippen LogP contribution is 2.36. The average molecular weight is 496 g/mol. The lowest BCUT2D eigenvalue weighted by molar-refractivity contribution is -0.147. The number of thiophene rings is 1. The number of fused-ring (bicyclic) bond motifs is 2. The Balaban J connectivity index is 1.38. The monoisotopic (exact) mass is 495 g/mol. The summed E-state index contributed by atoms with van der Waals surface area (Å²) in [6.45, 7) is 3.22. The summed E-state index contributed by atoms with van der Waals surface area (Å²) in [5.74, 6) is 0.0242. The van der Waals surface area contributed by atoms with Crippen LogP contribution in [0.5, 0.6) is 6.01 Å². The maximum absolute atomic E-state index is 13.2. The summed E-state index contributed by atoms with van der Waals surface area (Å²) in [5, 5.41) is 10.8. The molecule has 1 aliphatic carbocycles. The molecule has 0 radical (unpaired) electrons. The van der Waals surface area contributed by atoms with E-state index in [1.54, 1.807) is 11.3 Å². The van der Waals surface area contributed by atoms with Crippen LogP contribution in [0, 0.1) is 5.92 Å². The number of rotatable bonds is 8. The molecule has 34 heavy (non-hydrogen) atoms. The van der Waals surface area contributed by atoms with Crippen LogP contribution in [0.2, 0.25) is 0 Å². The van der Waals surface area contributed by atoms with Gasteiger partial charge in [0, 0.05) is 23.9 Å². The lowest BCUT2D eigenvalue weighted by Crippen LogP contribution is -2.36. The van der Waals surface area contributed by atoms with E-state index in [0.717, 1.165) is 45.3 Å². The molecule has 0 atom stereocenters. The Morgan fingerprint density at radius 1 is 1.26 bits per heavy atom. The van der Waals surface area contributed by atoms with Crippen molar-refractivity contribution >= 4 is 33.3 Å². The van der Waals surface area contributed by atoms with E-state index in [2.05, 4.69) is 32.4 Å². The first kappa shape index (κ1) is 22.8. The molecule has 0 aromatic carbocycles. The van der Waals surface area contributed by atoms with Gasteiger partial charge in [0.25, 0.3) is 0 Å². The van der Waals surface area contributed by atoms with E-state index in [0.29, 0.717) is 18.9 Å². The minimum atomic E-state index is -4.55. The van der Waals surface area contributed by atoms with Crippen molar-refractivity contribution in [3.05, 3.63) is 22.6 Å². The van der Waals surface area contributed by atoms with Gasteiger partial charge in [-0.3, -0.25) is 4.79 Å². The molecule has 0 saturated heterocycles. The summed E-state index contributed by atoms with van der Waals surface area (Å²) >= 11 is 1.55. The van der Waals surface area contributed by atoms with Crippen molar-refractivity contribution in [3.63, 3.8) is 0 Å². The molecule has 4 heterocycles. The van der Waals surface area contributed by atoms with Gasteiger partial charge in [-0.2, -0.15) is 23.1 Å². The Morgan fingerprint density at radius 2 is 2.09 bits per heavy atom. The van der Waals surface area contributed by atoms with Crippen molar-refractivity contribution in [2.45, 2.75) is 51.9 Å². The number of hydrogen-bond donors (Lipinski definition) is 1. The molecule has 13 heteroatoms. The zero-order valence-electron chi connectivity index (χ0n) is 18.6. The predicted molar refractivity (Wildman–Crippen MR) is 119 cm³/mol. The second-order valence-corrected chi connectivity index (χ2v) is 9.55. The molecule has 0 spiro atoms. The Kier molecular flexibility index (Phi) is 6.04. The van der Waals surface area contributed by atoms with E-state index in [1.165, 1.54) is 0 Å². The standard InChI is InChI=1S/C21H24F3N7O2S/c1-2-3-13-10-14-16(30-7-8-31-15(11-30)28-29-19(31)21(22,23)24)26-20(27-18(14)34-13)33-9-6-25-17(32)12-4-5-12/h10,12H,2-9,11H2,1H3,(H,25,32). The van der Waals surface area contributed by atoms with Crippen LogP contribution < -0.4 is 15.0 Å². The van der Waals surface area contributed by atoms with Crippen molar-refractivity contribution in [1.82, 2.24) is 30.0 Å². The number of alkyl halides is 3. The number of aryl methyl sites for hydroxylation is 1. The van der Waals surface area contributed by atoms with Crippen LogP contribution in [0.1, 0.15) is 42.7 Å². The molecular formula is C21H24F3N7O2S. The summed E-state index contributed by atoms with van der Waals surface area (Å²) in [4.78, 5) is 24.7. The minimum absolute atomic E-state index is 0.0405. The number of anilines is 1. The first-order chi connectivity index (χ1) is 16.3. The third-order valence-corrected chi connectivity index (χ3v) is 6.88. The fraction of sp³-hybridized carbons (Fsp3) is 0.571. The second kappa shape index (κ2) is 9.01. The molecule has 9 nitrogen and oxygen atoms in total. The number of ether oxygens (including phenoxy) is 1. The predicted octanol–water partition coefficient (Wildman–Crippen LogP) is 3.18. The van der Waals surface area contributed by atoms with Gasteiger partial charge < -0.3 is 19.5 Å². The molecule has 1 aliphatic heterocycles. The largest absolute Gasteiger partial charge is 0.462 e. The Morgan fingerprint density at radius 3 is 2.82 bits per heavy atom. The van der Waals surface area contributed by atoms with Crippen LogP contribution in [0.15, 0.2) is 6.07 Å². The van der Waals surface area contributed by atoms with Crippen molar-refractivity contribution in [2.75, 3.05) is 24.6 Å². The maximum atomic E-state index is 13.2. The number of carbonyl (C=O) groups is 1. The van der Waals surface area contributed by atoms with Crippen molar-refractivity contribution in [2.24, 2.45) is 5.92 Å². The van der Waals surface area contributed by atoms with E-state index in [4.69, 9.17) is 4.74 Å². The number of amides is 1. The highest BCUT2D eigenvalue weighted by molar-refractivity contribution is 7.18. The average Bonchev–Trinajstić information content (AvgIpc) is 3.43. The molecule has 2 aliphatic rings. The summed E-state index contributed by atoms with van der Waals surface area (Å²) in [6.07, 6.45) is -0.807. The third-order valence-electron chi connectivity index (χ3n) is 5.79. The molecule has 0 unspecified atom stereocenters. The molecule has 1 saturated carbocycles. The van der Waals surface area contributed by atoms with E-state index in [-0.39, 0.29) is 43.4 Å². The van der Waals surface area contributed by atoms with Gasteiger partial charge in [0.05, 0.1) is 18.5 Å². The lowest BCUT2D eigenvalue weighted by Gasteiger charge is -2.29. The molecule has 5 rings (SSSR count). The topological polar surface area (TPSA) is 98.1 Å². The molecule has 3 aromatic rings. The van der Waals surface area contributed by atoms with Crippen molar-refractivity contribution in [3.8, 4) is 6.01 Å². The normalized spacial score (nSPS) is 16.1. The zero-order chi connectivity index (χ0) is 23.9. The first-order valence-electron chi connectivity index (χ1n) is 11.3. The molecule has 1 amide bonds. The van der Waals surface area contributed by atoms with Crippen LogP contribution in [0.4, 0.5) is 19.0 Å². The van der Waals surface area contributed by atoms with Gasteiger partial charge in [-0.1, -0.05) is 13.3 Å². The molecule has 1 N–H and O–H groups in total. The molecule has 0 bridgehead atoms. The fourth-order valence-corrected chi connectivity index (χ4v) is 5.08. The SMILES string of the molecule is CCCc1cc2c(N3CCn4c(nnc4C(F)(F)F)C3)nc(OCCNC(=O)C3CC3)nc2s1. The van der Waals surface area contributed by atoms with Gasteiger partial charge in [-0.15, -0.1) is 21.5 Å². The molecular weight excluding hydrogens is 471 g/mol. The van der Waals surface area contributed by atoms with Crippen LogP contribution in [-0.2, 0) is 30.5 Å². The van der Waals surface area contributed by atoms with Crippen molar-refractivity contribution in [1.29, 1.82) is 0 Å². The summed E-state index contributed by atoms with van der Waals surface area (Å²) in [5.41, 5.74) is 0. The number of nitrogens with one attached hydrogen (secondary N) is 1. The smallest absolute Gasteiger partial charge is 0.451 e. The van der Waals surface area contributed by atoms with Crippen LogP contribution >= 0.6 is 11.3 Å². The number of hydrogen-bond acceptors (Lipinski definition) is 8. The van der Waals surface area contributed by atoms with E-state index >= 15 is 0 Å². The van der Waals surface area contributed by atoms with Gasteiger partial charge in [-0.25, -0.2) is 0 Å². The minimum Gasteiger partial charge on any atom is -0.462 e.